The molecule has 6 nitrogen and oxygen atoms in total. The smallest absolute Gasteiger partial charge is 0.320 e. The van der Waals surface area contributed by atoms with Crippen molar-refractivity contribution in [1.82, 2.24) is 19.6 Å². The average Bonchev–Trinajstić information content (AvgIpc) is 3.07. The van der Waals surface area contributed by atoms with Crippen LogP contribution >= 0.6 is 0 Å². The molecule has 0 aromatic rings. The molecule has 0 spiro atoms. The summed E-state index contributed by atoms with van der Waals surface area (Å²) in [6.07, 6.45) is 3.25. The molecular weight excluding hydrogens is 256 g/mol. The first-order valence-electron chi connectivity index (χ1n) is 7.45. The summed E-state index contributed by atoms with van der Waals surface area (Å²) in [5, 5.41) is 0. The molecule has 2 fully saturated rings. The fourth-order valence-electron chi connectivity index (χ4n) is 3.07. The second-order valence-electron chi connectivity index (χ2n) is 6.13. The maximum Gasteiger partial charge on any atom is 0.320 e. The third-order valence-electron chi connectivity index (χ3n) is 4.17. The molecule has 2 rings (SSSR count). The summed E-state index contributed by atoms with van der Waals surface area (Å²) in [6, 6.07) is 0.209. The highest BCUT2D eigenvalue weighted by Gasteiger charge is 2.31. The number of likely N-dealkylation sites (tertiary alicyclic amines) is 2. The van der Waals surface area contributed by atoms with E-state index in [-0.39, 0.29) is 12.1 Å². The highest BCUT2D eigenvalue weighted by molar-refractivity contribution is 5.75. The second-order valence-corrected chi connectivity index (χ2v) is 6.13. The summed E-state index contributed by atoms with van der Waals surface area (Å²) in [6.45, 7) is 4.13. The van der Waals surface area contributed by atoms with Gasteiger partial charge in [0.1, 0.15) is 0 Å². The van der Waals surface area contributed by atoms with Gasteiger partial charge >= 0.3 is 12.1 Å². The number of hydrogen-bond donors (Lipinski definition) is 0. The fourth-order valence-corrected chi connectivity index (χ4v) is 3.07. The molecular formula is C14H26N4O2. The minimum Gasteiger partial charge on any atom is -0.331 e. The number of hydrogen-bond acceptors (Lipinski definition) is 2. The van der Waals surface area contributed by atoms with Crippen molar-refractivity contribution >= 4 is 12.1 Å². The van der Waals surface area contributed by atoms with Gasteiger partial charge in [-0.05, 0) is 25.2 Å². The Balaban J connectivity index is 1.80. The summed E-state index contributed by atoms with van der Waals surface area (Å²) >= 11 is 0. The summed E-state index contributed by atoms with van der Waals surface area (Å²) in [5.41, 5.74) is 0. The third kappa shape index (κ3) is 3.35. The Bertz CT molecular complexity index is 366. The Kier molecular flexibility index (Phi) is 4.73. The molecule has 4 amide bonds. The first-order valence-corrected chi connectivity index (χ1v) is 7.45. The van der Waals surface area contributed by atoms with E-state index in [1.807, 2.05) is 16.8 Å². The minimum atomic E-state index is 0.0225. The summed E-state index contributed by atoms with van der Waals surface area (Å²) in [7, 11) is 5.35. The highest BCUT2D eigenvalue weighted by Crippen LogP contribution is 2.20. The van der Waals surface area contributed by atoms with Gasteiger partial charge in [0, 0.05) is 53.9 Å². The van der Waals surface area contributed by atoms with Crippen LogP contribution in [0.1, 0.15) is 19.3 Å². The molecule has 1 unspecified atom stereocenters. The van der Waals surface area contributed by atoms with Crippen molar-refractivity contribution in [3.63, 3.8) is 0 Å². The van der Waals surface area contributed by atoms with Crippen molar-refractivity contribution in [2.75, 3.05) is 53.9 Å². The number of urea groups is 2. The van der Waals surface area contributed by atoms with E-state index in [4.69, 9.17) is 0 Å². The molecule has 1 atom stereocenters. The molecule has 0 bridgehead atoms. The maximum atomic E-state index is 12.3. The van der Waals surface area contributed by atoms with E-state index in [0.29, 0.717) is 5.92 Å². The lowest BCUT2D eigenvalue weighted by molar-refractivity contribution is 0.165. The number of nitrogens with zero attached hydrogens (tertiary/aromatic N) is 4. The van der Waals surface area contributed by atoms with Crippen molar-refractivity contribution in [2.24, 2.45) is 5.92 Å². The van der Waals surface area contributed by atoms with Crippen LogP contribution in [0.25, 0.3) is 0 Å². The normalized spacial score (nSPS) is 22.2. The monoisotopic (exact) mass is 282 g/mol. The Morgan fingerprint density at radius 2 is 1.70 bits per heavy atom. The van der Waals surface area contributed by atoms with Crippen LogP contribution in [0, 0.1) is 5.92 Å². The fraction of sp³-hybridized carbons (Fsp3) is 0.857. The predicted octanol–water partition coefficient (Wildman–Crippen LogP) is 1.14. The SMILES string of the molecule is CN(C)C(=O)N(C)CC1CCN(C(=O)N2CCCC2)C1. The molecule has 20 heavy (non-hydrogen) atoms. The van der Waals surface area contributed by atoms with E-state index in [9.17, 15) is 9.59 Å². The minimum absolute atomic E-state index is 0.0225. The Labute approximate surface area is 121 Å². The largest absolute Gasteiger partial charge is 0.331 e. The van der Waals surface area contributed by atoms with E-state index in [1.165, 1.54) is 0 Å². The van der Waals surface area contributed by atoms with E-state index < -0.39 is 0 Å². The molecule has 0 aromatic carbocycles. The van der Waals surface area contributed by atoms with Crippen LogP contribution in [-0.2, 0) is 0 Å². The Morgan fingerprint density at radius 1 is 1.05 bits per heavy atom. The molecule has 6 heteroatoms. The van der Waals surface area contributed by atoms with Gasteiger partial charge in [-0.3, -0.25) is 0 Å². The number of rotatable bonds is 2. The molecule has 0 saturated carbocycles. The molecule has 0 aromatic heterocycles. The summed E-state index contributed by atoms with van der Waals surface area (Å²) in [4.78, 5) is 31.3. The van der Waals surface area contributed by atoms with Crippen molar-refractivity contribution < 1.29 is 9.59 Å². The van der Waals surface area contributed by atoms with Crippen LogP contribution < -0.4 is 0 Å². The zero-order valence-corrected chi connectivity index (χ0v) is 12.8. The van der Waals surface area contributed by atoms with Gasteiger partial charge in [0.05, 0.1) is 0 Å². The number of carbonyl (C=O) groups is 2. The van der Waals surface area contributed by atoms with Crippen LogP contribution in [0.2, 0.25) is 0 Å². The lowest BCUT2D eigenvalue weighted by Crippen LogP contribution is -2.42. The van der Waals surface area contributed by atoms with Crippen LogP contribution in [0.5, 0.6) is 0 Å². The highest BCUT2D eigenvalue weighted by atomic mass is 16.2. The first-order chi connectivity index (χ1) is 9.49. The van der Waals surface area contributed by atoms with E-state index in [1.54, 1.807) is 23.9 Å². The van der Waals surface area contributed by atoms with Gasteiger partial charge in [-0.15, -0.1) is 0 Å². The molecule has 0 aliphatic carbocycles. The summed E-state index contributed by atoms with van der Waals surface area (Å²) < 4.78 is 0. The standard InChI is InChI=1S/C14H26N4O2/c1-15(2)13(19)16(3)10-12-6-9-18(11-12)14(20)17-7-4-5-8-17/h12H,4-11H2,1-3H3. The van der Waals surface area contributed by atoms with Crippen LogP contribution in [0.15, 0.2) is 0 Å². The van der Waals surface area contributed by atoms with Crippen LogP contribution in [-0.4, -0.2) is 85.5 Å². The van der Waals surface area contributed by atoms with Crippen LogP contribution in [0.4, 0.5) is 9.59 Å². The zero-order chi connectivity index (χ0) is 14.7. The van der Waals surface area contributed by atoms with Crippen molar-refractivity contribution in [2.45, 2.75) is 19.3 Å². The van der Waals surface area contributed by atoms with Gasteiger partial charge in [0.25, 0.3) is 0 Å². The van der Waals surface area contributed by atoms with E-state index in [2.05, 4.69) is 0 Å². The lowest BCUT2D eigenvalue weighted by atomic mass is 10.1. The molecule has 2 heterocycles. The van der Waals surface area contributed by atoms with Gasteiger partial charge in [-0.2, -0.15) is 0 Å². The first kappa shape index (κ1) is 14.9. The van der Waals surface area contributed by atoms with Crippen LogP contribution in [0.3, 0.4) is 0 Å². The Hall–Kier alpha value is -1.46. The molecule has 2 saturated heterocycles. The number of amides is 4. The van der Waals surface area contributed by atoms with Gasteiger partial charge < -0.3 is 19.6 Å². The Morgan fingerprint density at radius 3 is 2.30 bits per heavy atom. The summed E-state index contributed by atoms with van der Waals surface area (Å²) in [5.74, 6) is 0.399. The molecule has 0 radical (unpaired) electrons. The molecule has 2 aliphatic heterocycles. The maximum absolute atomic E-state index is 12.3. The molecule has 2 aliphatic rings. The lowest BCUT2D eigenvalue weighted by Gasteiger charge is -2.26. The molecule has 0 N–H and O–H groups in total. The van der Waals surface area contributed by atoms with E-state index >= 15 is 0 Å². The van der Waals surface area contributed by atoms with Gasteiger partial charge in [0.2, 0.25) is 0 Å². The predicted molar refractivity (Wildman–Crippen MR) is 77.6 cm³/mol. The quantitative estimate of drug-likeness (QED) is 0.762. The van der Waals surface area contributed by atoms with Crippen molar-refractivity contribution in [3.8, 4) is 0 Å². The molecule has 114 valence electrons. The third-order valence-corrected chi connectivity index (χ3v) is 4.17. The van der Waals surface area contributed by atoms with Gasteiger partial charge in [-0.25, -0.2) is 9.59 Å². The van der Waals surface area contributed by atoms with Crippen molar-refractivity contribution in [1.29, 1.82) is 0 Å². The number of carbonyl (C=O) groups excluding carboxylic acids is 2. The average molecular weight is 282 g/mol. The van der Waals surface area contributed by atoms with Gasteiger partial charge in [0.15, 0.2) is 0 Å². The topological polar surface area (TPSA) is 47.1 Å². The van der Waals surface area contributed by atoms with E-state index in [0.717, 1.165) is 52.0 Å². The zero-order valence-electron chi connectivity index (χ0n) is 12.8. The van der Waals surface area contributed by atoms with Crippen molar-refractivity contribution in [3.05, 3.63) is 0 Å². The second kappa shape index (κ2) is 6.33. The van der Waals surface area contributed by atoms with Gasteiger partial charge in [-0.1, -0.05) is 0 Å².